The van der Waals surface area contributed by atoms with Gasteiger partial charge in [0.1, 0.15) is 5.82 Å². The first-order valence-electron chi connectivity index (χ1n) is 5.97. The number of piperidine rings is 1. The highest BCUT2D eigenvalue weighted by molar-refractivity contribution is 8.00. The molecule has 1 aromatic heterocycles. The van der Waals surface area contributed by atoms with Crippen LogP contribution in [0.2, 0.25) is 0 Å². The fraction of sp³-hybridized carbons (Fsp3) is 0.636. The Balaban J connectivity index is 2.01. The monoisotopic (exact) mass is 293 g/mol. The number of aromatic nitrogens is 2. The van der Waals surface area contributed by atoms with E-state index in [4.69, 9.17) is 0 Å². The van der Waals surface area contributed by atoms with Gasteiger partial charge in [-0.25, -0.2) is 4.98 Å². The molecule has 2 heterocycles. The molecule has 1 fully saturated rings. The summed E-state index contributed by atoms with van der Waals surface area (Å²) in [5.41, 5.74) is -4.37. The van der Waals surface area contributed by atoms with Crippen LogP contribution in [0.3, 0.4) is 0 Å². The molecule has 0 aliphatic carbocycles. The highest BCUT2D eigenvalue weighted by atomic mass is 32.2. The van der Waals surface area contributed by atoms with Crippen LogP contribution in [-0.4, -0.2) is 38.6 Å². The summed E-state index contributed by atoms with van der Waals surface area (Å²) in [5.74, 6) is -0.408. The van der Waals surface area contributed by atoms with Crippen LogP contribution in [0.15, 0.2) is 12.4 Å². The minimum atomic E-state index is -4.37. The van der Waals surface area contributed by atoms with Crippen molar-refractivity contribution in [3.63, 3.8) is 0 Å². The van der Waals surface area contributed by atoms with Crippen molar-refractivity contribution >= 4 is 17.7 Å². The highest BCUT2D eigenvalue weighted by Gasteiger charge is 2.34. The number of rotatable bonds is 3. The van der Waals surface area contributed by atoms with E-state index in [9.17, 15) is 18.0 Å². The molecular formula is C11H14F3N3OS. The number of thioether (sulfide) groups is 1. The Morgan fingerprint density at radius 2 is 2.32 bits per heavy atom. The summed E-state index contributed by atoms with van der Waals surface area (Å²) in [6.07, 6.45) is 5.73. The van der Waals surface area contributed by atoms with Crippen molar-refractivity contribution in [2.45, 2.75) is 30.8 Å². The molecule has 0 spiro atoms. The van der Waals surface area contributed by atoms with Crippen LogP contribution < -0.4 is 0 Å². The minimum Gasteiger partial charge on any atom is -0.347 e. The zero-order valence-electron chi connectivity index (χ0n) is 10.1. The fourth-order valence-electron chi connectivity index (χ4n) is 2.20. The van der Waals surface area contributed by atoms with E-state index in [1.54, 1.807) is 12.4 Å². The summed E-state index contributed by atoms with van der Waals surface area (Å²) < 4.78 is 36.4. The average molecular weight is 293 g/mol. The van der Waals surface area contributed by atoms with Gasteiger partial charge >= 0.3 is 5.51 Å². The number of halogens is 3. The van der Waals surface area contributed by atoms with Gasteiger partial charge in [0.15, 0.2) is 0 Å². The maximum atomic E-state index is 12.1. The molecule has 4 nitrogen and oxygen atoms in total. The first-order valence-corrected chi connectivity index (χ1v) is 6.95. The van der Waals surface area contributed by atoms with E-state index < -0.39 is 17.2 Å². The molecule has 8 heteroatoms. The molecule has 0 saturated carbocycles. The molecule has 1 amide bonds. The molecular weight excluding hydrogens is 279 g/mol. The number of hydrogen-bond acceptors (Lipinski definition) is 3. The molecule has 2 rings (SSSR count). The third kappa shape index (κ3) is 3.89. The van der Waals surface area contributed by atoms with Gasteiger partial charge in [-0.3, -0.25) is 4.79 Å². The van der Waals surface area contributed by atoms with E-state index in [0.29, 0.717) is 12.4 Å². The lowest BCUT2D eigenvalue weighted by Crippen LogP contribution is -2.40. The van der Waals surface area contributed by atoms with E-state index in [1.165, 1.54) is 4.90 Å². The Bertz CT molecular complexity index is 421. The number of alkyl halides is 3. The summed E-state index contributed by atoms with van der Waals surface area (Å²) >= 11 is -0.287. The van der Waals surface area contributed by atoms with Crippen molar-refractivity contribution in [3.8, 4) is 0 Å². The number of hydrogen-bond donors (Lipinski definition) is 1. The maximum Gasteiger partial charge on any atom is 0.442 e. The van der Waals surface area contributed by atoms with Crippen LogP contribution in [-0.2, 0) is 4.79 Å². The number of carbonyl (C=O) groups is 1. The molecule has 1 N–H and O–H groups in total. The largest absolute Gasteiger partial charge is 0.442 e. The van der Waals surface area contributed by atoms with Crippen molar-refractivity contribution in [2.75, 3.05) is 12.3 Å². The topological polar surface area (TPSA) is 49.0 Å². The van der Waals surface area contributed by atoms with Crippen LogP contribution in [0.25, 0.3) is 0 Å². The van der Waals surface area contributed by atoms with Gasteiger partial charge in [0.05, 0.1) is 11.8 Å². The number of H-pyrrole nitrogens is 1. The van der Waals surface area contributed by atoms with Gasteiger partial charge in [0, 0.05) is 18.9 Å². The molecule has 1 unspecified atom stereocenters. The smallest absolute Gasteiger partial charge is 0.347 e. The van der Waals surface area contributed by atoms with Crippen LogP contribution in [0.5, 0.6) is 0 Å². The van der Waals surface area contributed by atoms with E-state index in [1.807, 2.05) is 0 Å². The molecule has 19 heavy (non-hydrogen) atoms. The maximum absolute atomic E-state index is 12.1. The van der Waals surface area contributed by atoms with Gasteiger partial charge < -0.3 is 9.88 Å². The summed E-state index contributed by atoms with van der Waals surface area (Å²) in [7, 11) is 0. The van der Waals surface area contributed by atoms with Crippen molar-refractivity contribution in [2.24, 2.45) is 0 Å². The fourth-order valence-corrected chi connectivity index (χ4v) is 2.65. The first-order chi connectivity index (χ1) is 8.97. The Kier molecular flexibility index (Phi) is 4.38. The number of imidazole rings is 1. The zero-order chi connectivity index (χ0) is 13.9. The summed E-state index contributed by atoms with van der Waals surface area (Å²) in [6.45, 7) is 0.489. The number of likely N-dealkylation sites (tertiary alicyclic amines) is 1. The van der Waals surface area contributed by atoms with Gasteiger partial charge in [0.2, 0.25) is 5.91 Å². The second kappa shape index (κ2) is 5.85. The molecule has 1 aliphatic heterocycles. The van der Waals surface area contributed by atoms with E-state index in [-0.39, 0.29) is 17.8 Å². The second-order valence-electron chi connectivity index (χ2n) is 4.31. The number of aromatic amines is 1. The normalized spacial score (nSPS) is 20.6. The van der Waals surface area contributed by atoms with Gasteiger partial charge in [-0.15, -0.1) is 0 Å². The summed E-state index contributed by atoms with van der Waals surface area (Å²) in [6, 6.07) is -0.231. The summed E-state index contributed by atoms with van der Waals surface area (Å²) in [5, 5.41) is 0. The molecule has 1 atom stereocenters. The lowest BCUT2D eigenvalue weighted by atomic mass is 10.0. The van der Waals surface area contributed by atoms with Gasteiger partial charge in [-0.2, -0.15) is 13.2 Å². The number of amides is 1. The van der Waals surface area contributed by atoms with Crippen molar-refractivity contribution < 1.29 is 18.0 Å². The number of nitrogens with zero attached hydrogens (tertiary/aromatic N) is 2. The Hall–Kier alpha value is -1.18. The van der Waals surface area contributed by atoms with Gasteiger partial charge in [0.25, 0.3) is 0 Å². The number of nitrogens with one attached hydrogen (secondary N) is 1. The van der Waals surface area contributed by atoms with Crippen LogP contribution in [0.4, 0.5) is 13.2 Å². The zero-order valence-corrected chi connectivity index (χ0v) is 10.9. The predicted molar refractivity (Wildman–Crippen MR) is 65.4 cm³/mol. The Morgan fingerprint density at radius 1 is 1.53 bits per heavy atom. The van der Waals surface area contributed by atoms with E-state index in [0.717, 1.165) is 19.3 Å². The van der Waals surface area contributed by atoms with Crippen molar-refractivity contribution in [1.82, 2.24) is 14.9 Å². The lowest BCUT2D eigenvalue weighted by molar-refractivity contribution is -0.132. The molecule has 1 aliphatic rings. The minimum absolute atomic E-state index is 0.231. The van der Waals surface area contributed by atoms with E-state index >= 15 is 0 Å². The van der Waals surface area contributed by atoms with Gasteiger partial charge in [-0.05, 0) is 31.0 Å². The lowest BCUT2D eigenvalue weighted by Gasteiger charge is -2.34. The van der Waals surface area contributed by atoms with E-state index in [2.05, 4.69) is 9.97 Å². The molecule has 1 aromatic rings. The van der Waals surface area contributed by atoms with Crippen molar-refractivity contribution in [3.05, 3.63) is 18.2 Å². The third-order valence-electron chi connectivity index (χ3n) is 3.02. The van der Waals surface area contributed by atoms with Gasteiger partial charge in [-0.1, -0.05) is 0 Å². The standard InChI is InChI=1S/C11H14F3N3OS/c12-11(13,14)19-7-9(18)17-6-2-1-3-8(17)10-15-4-5-16-10/h4-5,8H,1-3,6-7H2,(H,15,16). The molecule has 0 bridgehead atoms. The average Bonchev–Trinajstić information content (AvgIpc) is 2.89. The Morgan fingerprint density at radius 3 is 2.95 bits per heavy atom. The van der Waals surface area contributed by atoms with Crippen molar-refractivity contribution in [1.29, 1.82) is 0 Å². The highest BCUT2D eigenvalue weighted by Crippen LogP contribution is 2.33. The predicted octanol–water partition coefficient (Wildman–Crippen LogP) is 2.72. The third-order valence-corrected chi connectivity index (χ3v) is 3.74. The first kappa shape index (κ1) is 14.2. The quantitative estimate of drug-likeness (QED) is 0.932. The Labute approximate surface area is 112 Å². The summed E-state index contributed by atoms with van der Waals surface area (Å²) in [4.78, 5) is 20.4. The number of carbonyl (C=O) groups excluding carboxylic acids is 1. The second-order valence-corrected chi connectivity index (χ2v) is 5.35. The van der Waals surface area contributed by atoms with Crippen LogP contribution in [0, 0.1) is 0 Å². The van der Waals surface area contributed by atoms with Crippen LogP contribution in [0.1, 0.15) is 31.1 Å². The molecule has 0 aromatic carbocycles. The molecule has 1 saturated heterocycles. The molecule has 0 radical (unpaired) electrons. The van der Waals surface area contributed by atoms with Crippen LogP contribution >= 0.6 is 11.8 Å². The SMILES string of the molecule is O=C(CSC(F)(F)F)N1CCCCC1c1ncc[nH]1. The molecule has 106 valence electrons.